The van der Waals surface area contributed by atoms with E-state index < -0.39 is 0 Å². The van der Waals surface area contributed by atoms with Crippen LogP contribution in [0.5, 0.6) is 0 Å². The number of hydrogen-bond donors (Lipinski definition) is 2. The number of carbonyl (C=O) groups is 1. The van der Waals surface area contributed by atoms with Gasteiger partial charge in [-0.25, -0.2) is 0 Å². The zero-order valence-electron chi connectivity index (χ0n) is 11.3. The van der Waals surface area contributed by atoms with E-state index in [9.17, 15) is 4.79 Å². The minimum Gasteiger partial charge on any atom is -0.351 e. The third-order valence-corrected chi connectivity index (χ3v) is 3.43. The predicted molar refractivity (Wildman–Crippen MR) is 72.9 cm³/mol. The molecule has 1 N–H and O–H groups in total. The molecule has 96 valence electrons. The standard InChI is InChI=1S/C12H26N2OS/c1-8(2)10(7-14(5)6)13-12(15)11(16)9(3)4/h8-11,16H,7H2,1-6H3,(H,13,15). The average molecular weight is 246 g/mol. The first-order chi connectivity index (χ1) is 7.25. The molecule has 4 heteroatoms. The highest BCUT2D eigenvalue weighted by Gasteiger charge is 2.22. The molecule has 0 spiro atoms. The molecule has 1 amide bonds. The Balaban J connectivity index is 4.34. The number of nitrogens with zero attached hydrogens (tertiary/aromatic N) is 1. The molecule has 0 heterocycles. The number of carbonyl (C=O) groups excluding carboxylic acids is 1. The Hall–Kier alpha value is -0.220. The molecule has 0 aromatic carbocycles. The lowest BCUT2D eigenvalue weighted by Gasteiger charge is -2.27. The summed E-state index contributed by atoms with van der Waals surface area (Å²) >= 11 is 4.33. The molecule has 0 bridgehead atoms. The topological polar surface area (TPSA) is 32.3 Å². The molecular formula is C12H26N2OS. The predicted octanol–water partition coefficient (Wildman–Crippen LogP) is 1.64. The van der Waals surface area contributed by atoms with E-state index in [4.69, 9.17) is 0 Å². The summed E-state index contributed by atoms with van der Waals surface area (Å²) in [5.74, 6) is 0.730. The van der Waals surface area contributed by atoms with Gasteiger partial charge in [0.05, 0.1) is 5.25 Å². The van der Waals surface area contributed by atoms with Gasteiger partial charge in [-0.3, -0.25) is 4.79 Å². The first kappa shape index (κ1) is 15.8. The number of amides is 1. The van der Waals surface area contributed by atoms with Crippen molar-refractivity contribution in [3.8, 4) is 0 Å². The molecule has 16 heavy (non-hydrogen) atoms. The van der Waals surface area contributed by atoms with E-state index in [1.54, 1.807) is 0 Å². The minimum absolute atomic E-state index is 0.0406. The second kappa shape index (κ2) is 7.17. The molecule has 0 aromatic heterocycles. The Morgan fingerprint density at radius 1 is 1.19 bits per heavy atom. The second-order valence-corrected chi connectivity index (χ2v) is 5.87. The molecule has 0 radical (unpaired) electrons. The fourth-order valence-electron chi connectivity index (χ4n) is 1.39. The lowest BCUT2D eigenvalue weighted by molar-refractivity contribution is -0.122. The van der Waals surface area contributed by atoms with Crippen molar-refractivity contribution in [2.24, 2.45) is 11.8 Å². The first-order valence-electron chi connectivity index (χ1n) is 5.88. The SMILES string of the molecule is CC(C)C(CN(C)C)NC(=O)C(S)C(C)C. The third-order valence-electron chi connectivity index (χ3n) is 2.59. The molecule has 0 fully saturated rings. The number of likely N-dealkylation sites (N-methyl/N-ethyl adjacent to an activating group) is 1. The normalized spacial score (nSPS) is 15.6. The van der Waals surface area contributed by atoms with Crippen LogP contribution in [0.3, 0.4) is 0 Å². The zero-order valence-corrected chi connectivity index (χ0v) is 12.2. The lowest BCUT2D eigenvalue weighted by atomic mass is 10.0. The van der Waals surface area contributed by atoms with E-state index in [1.807, 2.05) is 27.9 Å². The minimum atomic E-state index is -0.219. The van der Waals surface area contributed by atoms with Gasteiger partial charge in [0.1, 0.15) is 0 Å². The van der Waals surface area contributed by atoms with Crippen LogP contribution < -0.4 is 5.32 Å². The van der Waals surface area contributed by atoms with Crippen LogP contribution in [0.25, 0.3) is 0 Å². The van der Waals surface area contributed by atoms with Gasteiger partial charge in [-0.15, -0.1) is 0 Å². The van der Waals surface area contributed by atoms with Crippen LogP contribution in [0.15, 0.2) is 0 Å². The van der Waals surface area contributed by atoms with Gasteiger partial charge in [-0.2, -0.15) is 12.6 Å². The molecule has 0 aliphatic rings. The van der Waals surface area contributed by atoms with E-state index in [1.165, 1.54) is 0 Å². The number of thiol groups is 1. The fraction of sp³-hybridized carbons (Fsp3) is 0.917. The van der Waals surface area contributed by atoms with Gasteiger partial charge in [0.25, 0.3) is 0 Å². The first-order valence-corrected chi connectivity index (χ1v) is 6.40. The van der Waals surface area contributed by atoms with Gasteiger partial charge in [-0.1, -0.05) is 27.7 Å². The lowest BCUT2D eigenvalue weighted by Crippen LogP contribution is -2.48. The van der Waals surface area contributed by atoms with E-state index in [2.05, 4.69) is 36.7 Å². The van der Waals surface area contributed by atoms with Crippen LogP contribution in [0, 0.1) is 11.8 Å². The summed E-state index contributed by atoms with van der Waals surface area (Å²) in [6.45, 7) is 9.12. The highest BCUT2D eigenvalue weighted by molar-refractivity contribution is 7.81. The molecule has 2 atom stereocenters. The maximum absolute atomic E-state index is 11.9. The second-order valence-electron chi connectivity index (χ2n) is 5.31. The van der Waals surface area contributed by atoms with Crippen molar-refractivity contribution in [3.63, 3.8) is 0 Å². The quantitative estimate of drug-likeness (QED) is 0.698. The average Bonchev–Trinajstić information content (AvgIpc) is 2.14. The molecule has 0 aliphatic heterocycles. The van der Waals surface area contributed by atoms with Gasteiger partial charge < -0.3 is 10.2 Å². The van der Waals surface area contributed by atoms with Crippen molar-refractivity contribution in [3.05, 3.63) is 0 Å². The Bertz CT molecular complexity index is 217. The Morgan fingerprint density at radius 2 is 1.69 bits per heavy atom. The maximum atomic E-state index is 11.9. The molecule has 0 saturated heterocycles. The third kappa shape index (κ3) is 5.75. The number of rotatable bonds is 6. The molecule has 0 aliphatic carbocycles. The number of nitrogens with one attached hydrogen (secondary N) is 1. The van der Waals surface area contributed by atoms with Crippen LogP contribution in [-0.2, 0) is 4.79 Å². The molecule has 2 unspecified atom stereocenters. The van der Waals surface area contributed by atoms with Crippen molar-refractivity contribution >= 4 is 18.5 Å². The van der Waals surface area contributed by atoms with Crippen LogP contribution in [0.1, 0.15) is 27.7 Å². The van der Waals surface area contributed by atoms with Crippen LogP contribution >= 0.6 is 12.6 Å². The van der Waals surface area contributed by atoms with Crippen LogP contribution in [0.4, 0.5) is 0 Å². The van der Waals surface area contributed by atoms with E-state index in [-0.39, 0.29) is 23.1 Å². The van der Waals surface area contributed by atoms with Crippen molar-refractivity contribution < 1.29 is 4.79 Å². The van der Waals surface area contributed by atoms with Gasteiger partial charge in [0.2, 0.25) is 5.91 Å². The smallest absolute Gasteiger partial charge is 0.233 e. The van der Waals surface area contributed by atoms with Crippen molar-refractivity contribution in [2.75, 3.05) is 20.6 Å². The largest absolute Gasteiger partial charge is 0.351 e. The van der Waals surface area contributed by atoms with Crippen molar-refractivity contribution in [1.29, 1.82) is 0 Å². The van der Waals surface area contributed by atoms with E-state index in [0.29, 0.717) is 5.92 Å². The van der Waals surface area contributed by atoms with Crippen molar-refractivity contribution in [1.82, 2.24) is 10.2 Å². The van der Waals surface area contributed by atoms with E-state index >= 15 is 0 Å². The molecular weight excluding hydrogens is 220 g/mol. The summed E-state index contributed by atoms with van der Waals surface area (Å²) in [6.07, 6.45) is 0. The Labute approximate surface area is 105 Å². The summed E-state index contributed by atoms with van der Waals surface area (Å²) in [5, 5.41) is 2.85. The van der Waals surface area contributed by atoms with Gasteiger partial charge in [0.15, 0.2) is 0 Å². The molecule has 3 nitrogen and oxygen atoms in total. The summed E-state index contributed by atoms with van der Waals surface area (Å²) < 4.78 is 0. The maximum Gasteiger partial charge on any atom is 0.233 e. The van der Waals surface area contributed by atoms with Crippen LogP contribution in [0.2, 0.25) is 0 Å². The Kier molecular flexibility index (Phi) is 7.07. The molecule has 0 aromatic rings. The Morgan fingerprint density at radius 3 is 2.00 bits per heavy atom. The van der Waals surface area contributed by atoms with Crippen molar-refractivity contribution in [2.45, 2.75) is 39.0 Å². The van der Waals surface area contributed by atoms with Gasteiger partial charge >= 0.3 is 0 Å². The van der Waals surface area contributed by atoms with Crippen LogP contribution in [-0.4, -0.2) is 42.7 Å². The summed E-state index contributed by atoms with van der Waals surface area (Å²) in [6, 6.07) is 0.191. The highest BCUT2D eigenvalue weighted by Crippen LogP contribution is 2.10. The van der Waals surface area contributed by atoms with E-state index in [0.717, 1.165) is 6.54 Å². The summed E-state index contributed by atoms with van der Waals surface area (Å²) in [5.41, 5.74) is 0. The number of hydrogen-bond acceptors (Lipinski definition) is 3. The fourth-order valence-corrected chi connectivity index (χ4v) is 1.46. The summed E-state index contributed by atoms with van der Waals surface area (Å²) in [4.78, 5) is 14.0. The molecule has 0 rings (SSSR count). The summed E-state index contributed by atoms with van der Waals surface area (Å²) in [7, 11) is 4.03. The zero-order chi connectivity index (χ0) is 12.9. The molecule has 0 saturated carbocycles. The highest BCUT2D eigenvalue weighted by atomic mass is 32.1. The monoisotopic (exact) mass is 246 g/mol. The van der Waals surface area contributed by atoms with Gasteiger partial charge in [-0.05, 0) is 25.9 Å². The van der Waals surface area contributed by atoms with Gasteiger partial charge in [0, 0.05) is 12.6 Å².